The van der Waals surface area contributed by atoms with E-state index in [0.717, 1.165) is 6.07 Å². The van der Waals surface area contributed by atoms with Gasteiger partial charge in [0.15, 0.2) is 0 Å². The van der Waals surface area contributed by atoms with Crippen molar-refractivity contribution in [1.29, 1.82) is 0 Å². The number of aliphatic hydroxyl groups excluding tert-OH is 1. The van der Waals surface area contributed by atoms with Crippen LogP contribution in [0.25, 0.3) is 0 Å². The third kappa shape index (κ3) is 2.86. The maximum atomic E-state index is 12.9. The van der Waals surface area contributed by atoms with Crippen LogP contribution < -0.4 is 0 Å². The third-order valence-electron chi connectivity index (χ3n) is 4.15. The number of carboxylic acids is 1. The molecule has 2 atom stereocenters. The van der Waals surface area contributed by atoms with E-state index in [9.17, 15) is 18.3 Å². The van der Waals surface area contributed by atoms with E-state index in [0.29, 0.717) is 18.5 Å². The molecule has 1 saturated heterocycles. The molecule has 2 N–H and O–H groups in total. The number of rotatable bonds is 4. The maximum absolute atomic E-state index is 12.9. The summed E-state index contributed by atoms with van der Waals surface area (Å²) in [4.78, 5) is 11.0. The van der Waals surface area contributed by atoms with Gasteiger partial charge >= 0.3 is 5.97 Å². The van der Waals surface area contributed by atoms with Crippen molar-refractivity contribution in [3.05, 3.63) is 28.3 Å². The lowest BCUT2D eigenvalue weighted by atomic mass is 10.0. The minimum absolute atomic E-state index is 0.0400. The third-order valence-corrected chi connectivity index (χ3v) is 6.59. The summed E-state index contributed by atoms with van der Waals surface area (Å²) in [7, 11) is -3.92. The van der Waals surface area contributed by atoms with Gasteiger partial charge in [0.2, 0.25) is 10.0 Å². The summed E-state index contributed by atoms with van der Waals surface area (Å²) in [5.74, 6) is -1.20. The second-order valence-electron chi connectivity index (χ2n) is 5.52. The van der Waals surface area contributed by atoms with Crippen LogP contribution in [0.4, 0.5) is 0 Å². The first-order valence-electron chi connectivity index (χ1n) is 6.86. The van der Waals surface area contributed by atoms with Gasteiger partial charge in [-0.2, -0.15) is 4.31 Å². The lowest BCUT2D eigenvalue weighted by Gasteiger charge is -2.25. The Labute approximate surface area is 134 Å². The van der Waals surface area contributed by atoms with Crippen LogP contribution in [-0.4, -0.2) is 48.1 Å². The quantitative estimate of drug-likeness (QED) is 0.865. The summed E-state index contributed by atoms with van der Waals surface area (Å²) in [5.41, 5.74) is 0.130. The molecule has 0 spiro atoms. The van der Waals surface area contributed by atoms with E-state index in [1.165, 1.54) is 17.3 Å². The summed E-state index contributed by atoms with van der Waals surface area (Å²) in [6.45, 7) is 3.44. The van der Waals surface area contributed by atoms with Crippen LogP contribution in [-0.2, 0) is 10.0 Å². The number of sulfonamides is 1. The van der Waals surface area contributed by atoms with Crippen LogP contribution in [0.15, 0.2) is 17.0 Å². The number of hydrogen-bond acceptors (Lipinski definition) is 4. The number of carboxylic acid groups (broad SMARTS) is 1. The van der Waals surface area contributed by atoms with Crippen molar-refractivity contribution in [2.45, 2.75) is 31.2 Å². The minimum atomic E-state index is -3.92. The SMILES string of the molecule is Cc1c(Cl)cc(C(=O)O)cc1S(=O)(=O)N1CCC(C)C1CO. The number of aliphatic hydroxyl groups is 1. The first-order valence-corrected chi connectivity index (χ1v) is 8.68. The Morgan fingerprint density at radius 1 is 1.45 bits per heavy atom. The topological polar surface area (TPSA) is 94.9 Å². The number of carbonyl (C=O) groups is 1. The second kappa shape index (κ2) is 6.16. The Hall–Kier alpha value is -1.15. The van der Waals surface area contributed by atoms with Gasteiger partial charge in [-0.3, -0.25) is 0 Å². The molecule has 0 saturated carbocycles. The van der Waals surface area contributed by atoms with Gasteiger partial charge in [-0.25, -0.2) is 13.2 Å². The second-order valence-corrected chi connectivity index (χ2v) is 7.78. The van der Waals surface area contributed by atoms with Crippen LogP contribution in [0.2, 0.25) is 5.02 Å². The zero-order valence-corrected chi connectivity index (χ0v) is 13.9. The smallest absolute Gasteiger partial charge is 0.335 e. The van der Waals surface area contributed by atoms with Crippen molar-refractivity contribution >= 4 is 27.6 Å². The Balaban J connectivity index is 2.57. The standard InChI is InChI=1S/C14H18ClNO5S/c1-8-3-4-16(12(8)7-17)22(20,21)13-6-10(14(18)19)5-11(15)9(13)2/h5-6,8,12,17H,3-4,7H2,1-2H3,(H,18,19). The molecule has 0 radical (unpaired) electrons. The van der Waals surface area contributed by atoms with Gasteiger partial charge in [0, 0.05) is 11.6 Å². The molecule has 0 aromatic heterocycles. The van der Waals surface area contributed by atoms with Crippen LogP contribution in [0, 0.1) is 12.8 Å². The van der Waals surface area contributed by atoms with Gasteiger partial charge in [0.25, 0.3) is 0 Å². The first-order chi connectivity index (χ1) is 10.2. The number of aromatic carboxylic acids is 1. The fourth-order valence-electron chi connectivity index (χ4n) is 2.71. The van der Waals surface area contributed by atoms with E-state index in [2.05, 4.69) is 0 Å². The van der Waals surface area contributed by atoms with Gasteiger partial charge in [-0.15, -0.1) is 0 Å². The lowest BCUT2D eigenvalue weighted by molar-refractivity contribution is 0.0696. The summed E-state index contributed by atoms with van der Waals surface area (Å²) in [5, 5.41) is 18.6. The zero-order chi connectivity index (χ0) is 16.7. The number of halogens is 1. The predicted molar refractivity (Wildman–Crippen MR) is 81.7 cm³/mol. The number of benzene rings is 1. The Morgan fingerprint density at radius 3 is 2.64 bits per heavy atom. The van der Waals surface area contributed by atoms with Gasteiger partial charge < -0.3 is 10.2 Å². The number of hydrogen-bond donors (Lipinski definition) is 2. The highest BCUT2D eigenvalue weighted by atomic mass is 35.5. The van der Waals surface area contributed by atoms with Gasteiger partial charge in [-0.1, -0.05) is 18.5 Å². The average molecular weight is 348 g/mol. The fraction of sp³-hybridized carbons (Fsp3) is 0.500. The molecule has 22 heavy (non-hydrogen) atoms. The van der Waals surface area contributed by atoms with E-state index < -0.39 is 22.0 Å². The normalized spacial score (nSPS) is 22.9. The molecule has 0 aliphatic carbocycles. The molecule has 1 aliphatic heterocycles. The molecule has 2 rings (SSSR count). The van der Waals surface area contributed by atoms with E-state index in [1.807, 2.05) is 6.92 Å². The van der Waals surface area contributed by atoms with E-state index in [1.54, 1.807) is 0 Å². The molecule has 1 heterocycles. The van der Waals surface area contributed by atoms with Gasteiger partial charge in [0.05, 0.1) is 23.1 Å². The Bertz CT molecular complexity index is 703. The van der Waals surface area contributed by atoms with Gasteiger partial charge in [-0.05, 0) is 37.0 Å². The van der Waals surface area contributed by atoms with Crippen molar-refractivity contribution in [2.75, 3.05) is 13.2 Å². The van der Waals surface area contributed by atoms with Crippen molar-refractivity contribution in [1.82, 2.24) is 4.31 Å². The molecule has 8 heteroatoms. The molecule has 1 aromatic carbocycles. The molecule has 6 nitrogen and oxygen atoms in total. The van der Waals surface area contributed by atoms with Crippen LogP contribution in [0.3, 0.4) is 0 Å². The largest absolute Gasteiger partial charge is 0.478 e. The molecule has 0 amide bonds. The maximum Gasteiger partial charge on any atom is 0.335 e. The molecular formula is C14H18ClNO5S. The monoisotopic (exact) mass is 347 g/mol. The minimum Gasteiger partial charge on any atom is -0.478 e. The molecule has 2 unspecified atom stereocenters. The predicted octanol–water partition coefficient (Wildman–Crippen LogP) is 1.74. The highest BCUT2D eigenvalue weighted by Crippen LogP contribution is 2.33. The Kier molecular flexibility index (Phi) is 4.81. The van der Waals surface area contributed by atoms with Crippen molar-refractivity contribution in [3.8, 4) is 0 Å². The van der Waals surface area contributed by atoms with Crippen molar-refractivity contribution < 1.29 is 23.4 Å². The van der Waals surface area contributed by atoms with Gasteiger partial charge in [0.1, 0.15) is 0 Å². The van der Waals surface area contributed by atoms with Crippen LogP contribution in [0.1, 0.15) is 29.3 Å². The molecule has 122 valence electrons. The molecule has 1 aromatic rings. The summed E-state index contributed by atoms with van der Waals surface area (Å²) >= 11 is 5.98. The van der Waals surface area contributed by atoms with Crippen molar-refractivity contribution in [3.63, 3.8) is 0 Å². The van der Waals surface area contributed by atoms with Crippen LogP contribution >= 0.6 is 11.6 Å². The molecule has 1 fully saturated rings. The zero-order valence-electron chi connectivity index (χ0n) is 12.3. The van der Waals surface area contributed by atoms with Crippen molar-refractivity contribution in [2.24, 2.45) is 5.92 Å². The summed E-state index contributed by atoms with van der Waals surface area (Å²) in [6.07, 6.45) is 0.649. The fourth-order valence-corrected chi connectivity index (χ4v) is 4.99. The highest BCUT2D eigenvalue weighted by molar-refractivity contribution is 7.89. The van der Waals surface area contributed by atoms with E-state index in [4.69, 9.17) is 16.7 Å². The van der Waals surface area contributed by atoms with Crippen LogP contribution in [0.5, 0.6) is 0 Å². The Morgan fingerprint density at radius 2 is 2.09 bits per heavy atom. The lowest BCUT2D eigenvalue weighted by Crippen LogP contribution is -2.40. The summed E-state index contributed by atoms with van der Waals surface area (Å²) < 4.78 is 27.0. The van der Waals surface area contributed by atoms with E-state index >= 15 is 0 Å². The molecule has 1 aliphatic rings. The van der Waals surface area contributed by atoms with E-state index in [-0.39, 0.29) is 28.0 Å². The summed E-state index contributed by atoms with van der Waals surface area (Å²) in [6, 6.07) is 1.85. The first kappa shape index (κ1) is 17.2. The average Bonchev–Trinajstić information content (AvgIpc) is 2.82. The highest BCUT2D eigenvalue weighted by Gasteiger charge is 2.40. The molecule has 0 bridgehead atoms. The molecular weight excluding hydrogens is 330 g/mol. The number of nitrogens with zero attached hydrogens (tertiary/aromatic N) is 1.